The van der Waals surface area contributed by atoms with E-state index >= 15 is 0 Å². The first-order chi connectivity index (χ1) is 10.6. The summed E-state index contributed by atoms with van der Waals surface area (Å²) in [6.45, 7) is 2.68. The van der Waals surface area contributed by atoms with Crippen molar-refractivity contribution < 1.29 is 9.69 Å². The number of carbonyl (C=O) groups excluding carboxylic acids is 1. The predicted octanol–water partition coefficient (Wildman–Crippen LogP) is 0.330. The number of para-hydroxylation sites is 1. The topological polar surface area (TPSA) is 76.2 Å². The van der Waals surface area contributed by atoms with E-state index in [-0.39, 0.29) is 11.8 Å². The molecule has 2 heterocycles. The summed E-state index contributed by atoms with van der Waals surface area (Å²) in [6, 6.07) is 10.4. The summed E-state index contributed by atoms with van der Waals surface area (Å²) in [4.78, 5) is 12.7. The van der Waals surface area contributed by atoms with Crippen molar-refractivity contribution in [2.24, 2.45) is 18.7 Å². The number of hydrogen-bond acceptors (Lipinski definition) is 2. The van der Waals surface area contributed by atoms with Gasteiger partial charge in [0.2, 0.25) is 5.91 Å². The minimum absolute atomic E-state index is 0.0201. The molecular weight excluding hydrogens is 276 g/mol. The van der Waals surface area contributed by atoms with Gasteiger partial charge in [0, 0.05) is 36.7 Å². The highest BCUT2D eigenvalue weighted by molar-refractivity contribution is 5.87. The maximum atomic E-state index is 11.3. The van der Waals surface area contributed by atoms with Gasteiger partial charge in [0.25, 0.3) is 0 Å². The molecule has 2 aromatic rings. The smallest absolute Gasteiger partial charge is 0.220 e. The molecule has 0 bridgehead atoms. The number of piperidine rings is 1. The van der Waals surface area contributed by atoms with Crippen LogP contribution in [0, 0.1) is 17.2 Å². The number of quaternary nitrogens is 1. The van der Waals surface area contributed by atoms with Crippen LogP contribution >= 0.6 is 0 Å². The highest BCUT2D eigenvalue weighted by atomic mass is 16.1. The van der Waals surface area contributed by atoms with Gasteiger partial charge in [-0.2, -0.15) is 5.26 Å². The normalized spacial score (nSPS) is 21.6. The maximum Gasteiger partial charge on any atom is 0.220 e. The molecule has 3 N–H and O–H groups in total. The van der Waals surface area contributed by atoms with Crippen molar-refractivity contribution in [2.75, 3.05) is 13.1 Å². The number of aromatic nitrogens is 1. The van der Waals surface area contributed by atoms with Crippen LogP contribution in [0.5, 0.6) is 0 Å². The zero-order valence-electron chi connectivity index (χ0n) is 12.8. The number of hydrogen-bond donors (Lipinski definition) is 2. The Balaban J connectivity index is 1.85. The zero-order valence-corrected chi connectivity index (χ0v) is 12.8. The number of aryl methyl sites for hydroxylation is 1. The Bertz CT molecular complexity index is 748. The van der Waals surface area contributed by atoms with E-state index in [0.717, 1.165) is 54.6 Å². The van der Waals surface area contributed by atoms with Crippen LogP contribution < -0.4 is 10.6 Å². The van der Waals surface area contributed by atoms with Gasteiger partial charge < -0.3 is 15.2 Å². The largest absolute Gasteiger partial charge is 0.369 e. The van der Waals surface area contributed by atoms with Crippen molar-refractivity contribution >= 4 is 16.8 Å². The molecule has 1 aliphatic heterocycles. The number of nitrogens with two attached hydrogens (primary N) is 1. The first-order valence-corrected chi connectivity index (χ1v) is 7.71. The van der Waals surface area contributed by atoms with Crippen LogP contribution in [0.1, 0.15) is 24.1 Å². The molecule has 1 saturated heterocycles. The molecule has 0 aliphatic carbocycles. The number of likely N-dealkylation sites (tertiary alicyclic amines) is 1. The van der Waals surface area contributed by atoms with Crippen molar-refractivity contribution in [3.63, 3.8) is 0 Å². The van der Waals surface area contributed by atoms with E-state index in [1.807, 2.05) is 31.3 Å². The molecule has 22 heavy (non-hydrogen) atoms. The van der Waals surface area contributed by atoms with E-state index in [1.54, 1.807) is 0 Å². The Morgan fingerprint density at radius 3 is 2.73 bits per heavy atom. The Labute approximate surface area is 129 Å². The van der Waals surface area contributed by atoms with E-state index in [0.29, 0.717) is 0 Å². The fourth-order valence-electron chi connectivity index (χ4n) is 3.50. The van der Waals surface area contributed by atoms with Crippen LogP contribution in [0.4, 0.5) is 0 Å². The standard InChI is InChI=1S/C17H20N4O/c1-20-15-5-3-2-4-13(15)14(10-18)16(20)11-21-8-6-12(7-9-21)17(19)22/h2-5,12H,6-9,11H2,1H3,(H2,19,22)/p+1. The lowest BCUT2D eigenvalue weighted by molar-refractivity contribution is -0.919. The summed E-state index contributed by atoms with van der Waals surface area (Å²) in [5.74, 6) is -0.159. The Kier molecular flexibility index (Phi) is 3.86. The molecule has 1 aromatic heterocycles. The number of carbonyl (C=O) groups is 1. The number of nitrogens with one attached hydrogen (secondary N) is 1. The van der Waals surface area contributed by atoms with Gasteiger partial charge in [-0.05, 0) is 6.07 Å². The summed E-state index contributed by atoms with van der Waals surface area (Å²) in [5.41, 5.74) is 8.35. The third-order valence-corrected chi connectivity index (χ3v) is 4.85. The molecule has 5 nitrogen and oxygen atoms in total. The minimum atomic E-state index is -0.179. The number of benzene rings is 1. The molecule has 0 unspecified atom stereocenters. The maximum absolute atomic E-state index is 11.3. The van der Waals surface area contributed by atoms with Crippen LogP contribution in [-0.2, 0) is 18.4 Å². The van der Waals surface area contributed by atoms with Crippen molar-refractivity contribution in [1.82, 2.24) is 4.57 Å². The fourth-order valence-corrected chi connectivity index (χ4v) is 3.50. The third kappa shape index (κ3) is 2.46. The number of rotatable bonds is 3. The van der Waals surface area contributed by atoms with Crippen molar-refractivity contribution in [2.45, 2.75) is 19.4 Å². The highest BCUT2D eigenvalue weighted by Gasteiger charge is 2.27. The summed E-state index contributed by atoms with van der Waals surface area (Å²) >= 11 is 0. The SMILES string of the molecule is Cn1c(C[NH+]2CCC(C(N)=O)CC2)c(C#N)c2ccccc21. The van der Waals surface area contributed by atoms with Gasteiger partial charge in [-0.25, -0.2) is 0 Å². The summed E-state index contributed by atoms with van der Waals surface area (Å²) in [7, 11) is 2.02. The van der Waals surface area contributed by atoms with Crippen LogP contribution in [-0.4, -0.2) is 23.6 Å². The second kappa shape index (κ2) is 5.82. The van der Waals surface area contributed by atoms with E-state index in [4.69, 9.17) is 5.73 Å². The monoisotopic (exact) mass is 297 g/mol. The van der Waals surface area contributed by atoms with Crippen LogP contribution in [0.2, 0.25) is 0 Å². The second-order valence-corrected chi connectivity index (χ2v) is 6.11. The van der Waals surface area contributed by atoms with Crippen molar-refractivity contribution in [3.05, 3.63) is 35.5 Å². The third-order valence-electron chi connectivity index (χ3n) is 4.85. The van der Waals surface area contributed by atoms with Crippen LogP contribution in [0.3, 0.4) is 0 Å². The Hall–Kier alpha value is -2.32. The number of primary amides is 1. The quantitative estimate of drug-likeness (QED) is 0.856. The van der Waals surface area contributed by atoms with Crippen LogP contribution in [0.25, 0.3) is 10.9 Å². The van der Waals surface area contributed by atoms with E-state index < -0.39 is 0 Å². The number of nitrogens with zero attached hydrogens (tertiary/aromatic N) is 2. The summed E-state index contributed by atoms with van der Waals surface area (Å²) in [6.07, 6.45) is 1.69. The molecule has 114 valence electrons. The van der Waals surface area contributed by atoms with Gasteiger partial charge in [-0.15, -0.1) is 0 Å². The Morgan fingerprint density at radius 2 is 2.09 bits per heavy atom. The molecule has 1 amide bonds. The molecule has 0 atom stereocenters. The van der Waals surface area contributed by atoms with Gasteiger partial charge in [0.05, 0.1) is 24.3 Å². The summed E-state index contributed by atoms with van der Waals surface area (Å²) < 4.78 is 2.13. The molecule has 0 saturated carbocycles. The first-order valence-electron chi connectivity index (χ1n) is 7.71. The van der Waals surface area contributed by atoms with Gasteiger partial charge in [0.15, 0.2) is 0 Å². The fraction of sp³-hybridized carbons (Fsp3) is 0.412. The van der Waals surface area contributed by atoms with E-state index in [9.17, 15) is 10.1 Å². The van der Waals surface area contributed by atoms with Crippen molar-refractivity contribution in [3.8, 4) is 6.07 Å². The van der Waals surface area contributed by atoms with E-state index in [2.05, 4.69) is 10.6 Å². The molecule has 0 radical (unpaired) electrons. The average Bonchev–Trinajstić information content (AvgIpc) is 2.80. The average molecular weight is 297 g/mol. The molecule has 5 heteroatoms. The molecule has 3 rings (SSSR count). The van der Waals surface area contributed by atoms with E-state index in [1.165, 1.54) is 4.90 Å². The van der Waals surface area contributed by atoms with Gasteiger partial charge in [0.1, 0.15) is 12.6 Å². The lowest BCUT2D eigenvalue weighted by Crippen LogP contribution is -3.12. The highest BCUT2D eigenvalue weighted by Crippen LogP contribution is 2.24. The molecule has 1 fully saturated rings. The number of amides is 1. The second-order valence-electron chi connectivity index (χ2n) is 6.11. The molecule has 1 aliphatic rings. The first kappa shape index (κ1) is 14.6. The number of nitriles is 1. The van der Waals surface area contributed by atoms with Gasteiger partial charge in [-0.1, -0.05) is 18.2 Å². The van der Waals surface area contributed by atoms with Crippen LogP contribution in [0.15, 0.2) is 24.3 Å². The molecule has 1 aromatic carbocycles. The predicted molar refractivity (Wildman–Crippen MR) is 84.0 cm³/mol. The lowest BCUT2D eigenvalue weighted by Gasteiger charge is -2.27. The zero-order chi connectivity index (χ0) is 15.7. The lowest BCUT2D eigenvalue weighted by atomic mass is 9.96. The summed E-state index contributed by atoms with van der Waals surface area (Å²) in [5, 5.41) is 10.6. The van der Waals surface area contributed by atoms with Crippen molar-refractivity contribution in [1.29, 1.82) is 5.26 Å². The van der Waals surface area contributed by atoms with Gasteiger partial charge >= 0.3 is 0 Å². The number of fused-ring (bicyclic) bond motifs is 1. The Morgan fingerprint density at radius 1 is 1.41 bits per heavy atom. The molecule has 0 spiro atoms. The van der Waals surface area contributed by atoms with Gasteiger partial charge in [-0.3, -0.25) is 4.79 Å². The molecular formula is C17H21N4O+. The minimum Gasteiger partial charge on any atom is -0.369 e.